The SMILES string of the molecule is COc1cc(-c2nccc(-c3cccc(-c4cc(C=O)cnc4C(N)=O)c3C)c2Cl)ccc1C=O. The molecule has 0 aliphatic heterocycles. The van der Waals surface area contributed by atoms with Crippen molar-refractivity contribution in [1.29, 1.82) is 0 Å². The number of pyridine rings is 2. The first-order chi connectivity index (χ1) is 16.9. The number of aromatic nitrogens is 2. The van der Waals surface area contributed by atoms with Crippen molar-refractivity contribution >= 4 is 30.1 Å². The van der Waals surface area contributed by atoms with Crippen LogP contribution >= 0.6 is 11.6 Å². The first-order valence-corrected chi connectivity index (χ1v) is 10.9. The molecular formula is C27H20ClN3O4. The number of amides is 1. The number of nitrogens with zero attached hydrogens (tertiary/aromatic N) is 2. The zero-order valence-corrected chi connectivity index (χ0v) is 19.7. The Bertz CT molecular complexity index is 1480. The molecule has 0 fully saturated rings. The van der Waals surface area contributed by atoms with Gasteiger partial charge in [0, 0.05) is 34.6 Å². The number of hydrogen-bond donors (Lipinski definition) is 1. The number of ether oxygens (including phenoxy) is 1. The van der Waals surface area contributed by atoms with Crippen LogP contribution in [0.25, 0.3) is 33.5 Å². The van der Waals surface area contributed by atoms with E-state index in [0.29, 0.717) is 50.6 Å². The summed E-state index contributed by atoms with van der Waals surface area (Å²) in [5.41, 5.74) is 11.1. The Morgan fingerprint density at radius 3 is 2.37 bits per heavy atom. The molecule has 0 radical (unpaired) electrons. The molecule has 35 heavy (non-hydrogen) atoms. The Morgan fingerprint density at radius 1 is 0.971 bits per heavy atom. The van der Waals surface area contributed by atoms with Crippen LogP contribution in [0.2, 0.25) is 5.02 Å². The van der Waals surface area contributed by atoms with Crippen molar-refractivity contribution in [3.05, 3.63) is 88.3 Å². The summed E-state index contributed by atoms with van der Waals surface area (Å²) in [6.07, 6.45) is 4.34. The fourth-order valence-corrected chi connectivity index (χ4v) is 4.30. The molecule has 0 spiro atoms. The lowest BCUT2D eigenvalue weighted by atomic mass is 9.91. The number of primary amides is 1. The summed E-state index contributed by atoms with van der Waals surface area (Å²) in [4.78, 5) is 43.2. The van der Waals surface area contributed by atoms with Gasteiger partial charge in [-0.2, -0.15) is 0 Å². The lowest BCUT2D eigenvalue weighted by Gasteiger charge is -2.16. The molecule has 0 saturated carbocycles. The van der Waals surface area contributed by atoms with E-state index < -0.39 is 5.91 Å². The minimum Gasteiger partial charge on any atom is -0.496 e. The largest absolute Gasteiger partial charge is 0.496 e. The quantitative estimate of drug-likeness (QED) is 0.361. The number of hydrogen-bond acceptors (Lipinski definition) is 6. The second-order valence-electron chi connectivity index (χ2n) is 7.72. The van der Waals surface area contributed by atoms with Crippen LogP contribution in [0.4, 0.5) is 0 Å². The number of benzene rings is 2. The van der Waals surface area contributed by atoms with E-state index in [1.165, 1.54) is 13.3 Å². The van der Waals surface area contributed by atoms with Crippen molar-refractivity contribution in [3.63, 3.8) is 0 Å². The maximum Gasteiger partial charge on any atom is 0.267 e. The standard InChI is InChI=1S/C27H20ClN3O4/c1-15-19(4-3-5-20(15)22-10-16(13-32)12-31-26(22)27(29)34)21-8-9-30-25(24(21)28)17-6-7-18(14-33)23(11-17)35-2/h3-14H,1-2H3,(H2,29,34). The number of carbonyl (C=O) groups excluding carboxylic acids is 3. The van der Waals surface area contributed by atoms with E-state index in [4.69, 9.17) is 22.1 Å². The van der Waals surface area contributed by atoms with Crippen molar-refractivity contribution < 1.29 is 19.1 Å². The molecule has 2 aromatic heterocycles. The van der Waals surface area contributed by atoms with Gasteiger partial charge in [-0.25, -0.2) is 4.98 Å². The van der Waals surface area contributed by atoms with Crippen molar-refractivity contribution in [2.24, 2.45) is 5.73 Å². The molecule has 8 heteroatoms. The zero-order chi connectivity index (χ0) is 25.1. The highest BCUT2D eigenvalue weighted by Crippen LogP contribution is 2.40. The van der Waals surface area contributed by atoms with Gasteiger partial charge in [0.05, 0.1) is 23.4 Å². The summed E-state index contributed by atoms with van der Waals surface area (Å²) < 4.78 is 5.32. The van der Waals surface area contributed by atoms with Crippen molar-refractivity contribution in [3.8, 4) is 39.3 Å². The first kappa shape index (κ1) is 23.8. The van der Waals surface area contributed by atoms with Gasteiger partial charge in [-0.3, -0.25) is 19.4 Å². The minimum absolute atomic E-state index is 0.0692. The van der Waals surface area contributed by atoms with Gasteiger partial charge in [-0.05, 0) is 47.9 Å². The molecule has 4 rings (SSSR count). The molecule has 174 valence electrons. The van der Waals surface area contributed by atoms with Gasteiger partial charge in [0.1, 0.15) is 11.4 Å². The highest BCUT2D eigenvalue weighted by molar-refractivity contribution is 6.35. The second-order valence-corrected chi connectivity index (χ2v) is 8.10. The molecular weight excluding hydrogens is 466 g/mol. The number of nitrogens with two attached hydrogens (primary N) is 1. The van der Waals surface area contributed by atoms with Gasteiger partial charge in [-0.1, -0.05) is 35.9 Å². The smallest absolute Gasteiger partial charge is 0.267 e. The Morgan fingerprint density at radius 2 is 1.71 bits per heavy atom. The van der Waals surface area contributed by atoms with Crippen LogP contribution < -0.4 is 10.5 Å². The minimum atomic E-state index is -0.695. The zero-order valence-electron chi connectivity index (χ0n) is 18.9. The van der Waals surface area contributed by atoms with E-state index in [1.54, 1.807) is 36.5 Å². The van der Waals surface area contributed by atoms with E-state index in [-0.39, 0.29) is 5.69 Å². The maximum atomic E-state index is 12.0. The monoisotopic (exact) mass is 485 g/mol. The van der Waals surface area contributed by atoms with Crippen molar-refractivity contribution in [2.75, 3.05) is 7.11 Å². The summed E-state index contributed by atoms with van der Waals surface area (Å²) in [7, 11) is 1.49. The lowest BCUT2D eigenvalue weighted by molar-refractivity contribution is 0.0994. The normalized spacial score (nSPS) is 10.6. The summed E-state index contributed by atoms with van der Waals surface area (Å²) in [5, 5.41) is 0.406. The highest BCUT2D eigenvalue weighted by atomic mass is 35.5. The van der Waals surface area contributed by atoms with E-state index >= 15 is 0 Å². The number of halogens is 1. The van der Waals surface area contributed by atoms with Crippen LogP contribution in [0.3, 0.4) is 0 Å². The van der Waals surface area contributed by atoms with Crippen LogP contribution in [0.1, 0.15) is 36.8 Å². The predicted octanol–water partition coefficient (Wildman–Crippen LogP) is 5.17. The van der Waals surface area contributed by atoms with Gasteiger partial charge in [0.25, 0.3) is 5.91 Å². The number of rotatable bonds is 7. The van der Waals surface area contributed by atoms with Gasteiger partial charge < -0.3 is 10.5 Å². The van der Waals surface area contributed by atoms with Gasteiger partial charge >= 0.3 is 0 Å². The summed E-state index contributed by atoms with van der Waals surface area (Å²) in [6, 6.07) is 14.1. The lowest BCUT2D eigenvalue weighted by Crippen LogP contribution is -2.15. The first-order valence-electron chi connectivity index (χ1n) is 10.5. The molecule has 0 aliphatic carbocycles. The topological polar surface area (TPSA) is 112 Å². The molecule has 2 N–H and O–H groups in total. The number of carbonyl (C=O) groups is 3. The fraction of sp³-hybridized carbons (Fsp3) is 0.0741. The molecule has 4 aromatic rings. The highest BCUT2D eigenvalue weighted by Gasteiger charge is 2.19. The molecule has 1 amide bonds. The number of aldehydes is 2. The molecule has 0 saturated heterocycles. The molecule has 0 unspecified atom stereocenters. The third kappa shape index (κ3) is 4.41. The molecule has 2 heterocycles. The van der Waals surface area contributed by atoms with E-state index in [1.807, 2.05) is 25.1 Å². The average molecular weight is 486 g/mol. The van der Waals surface area contributed by atoms with Crippen molar-refractivity contribution in [1.82, 2.24) is 9.97 Å². The third-order valence-electron chi connectivity index (χ3n) is 5.72. The van der Waals surface area contributed by atoms with Crippen LogP contribution in [-0.2, 0) is 0 Å². The van der Waals surface area contributed by atoms with E-state index in [2.05, 4.69) is 9.97 Å². The number of methoxy groups -OCH3 is 1. The van der Waals surface area contributed by atoms with Gasteiger partial charge in [-0.15, -0.1) is 0 Å². The summed E-state index contributed by atoms with van der Waals surface area (Å²) >= 11 is 6.84. The Labute approximate surface area is 206 Å². The van der Waals surface area contributed by atoms with E-state index in [9.17, 15) is 14.4 Å². The molecule has 2 aromatic carbocycles. The van der Waals surface area contributed by atoms with Crippen LogP contribution in [0.5, 0.6) is 5.75 Å². The van der Waals surface area contributed by atoms with E-state index in [0.717, 1.165) is 23.0 Å². The predicted molar refractivity (Wildman–Crippen MR) is 134 cm³/mol. The van der Waals surface area contributed by atoms with Crippen LogP contribution in [0, 0.1) is 6.92 Å². The molecule has 0 aliphatic rings. The third-order valence-corrected chi connectivity index (χ3v) is 6.10. The maximum absolute atomic E-state index is 12.0. The van der Waals surface area contributed by atoms with Gasteiger partial charge in [0.2, 0.25) is 0 Å². The van der Waals surface area contributed by atoms with Crippen molar-refractivity contribution in [2.45, 2.75) is 6.92 Å². The Kier molecular flexibility index (Phi) is 6.71. The molecule has 7 nitrogen and oxygen atoms in total. The summed E-state index contributed by atoms with van der Waals surface area (Å²) in [6.45, 7) is 1.89. The van der Waals surface area contributed by atoms with Gasteiger partial charge in [0.15, 0.2) is 12.6 Å². The Balaban J connectivity index is 1.89. The molecule has 0 bridgehead atoms. The molecule has 0 atom stereocenters. The average Bonchev–Trinajstić information content (AvgIpc) is 2.88. The second kappa shape index (κ2) is 9.87. The van der Waals surface area contributed by atoms with Crippen LogP contribution in [-0.4, -0.2) is 35.6 Å². The fourth-order valence-electron chi connectivity index (χ4n) is 3.98. The summed E-state index contributed by atoms with van der Waals surface area (Å²) in [5.74, 6) is -0.278. The van der Waals surface area contributed by atoms with Crippen LogP contribution in [0.15, 0.2) is 60.9 Å². The Hall–Kier alpha value is -4.36.